The Balaban J connectivity index is 2.32. The molecule has 0 saturated heterocycles. The third-order valence-corrected chi connectivity index (χ3v) is 5.12. The van der Waals surface area contributed by atoms with E-state index in [1.54, 1.807) is 28.6 Å². The molecule has 1 saturated carbocycles. The van der Waals surface area contributed by atoms with Gasteiger partial charge in [-0.3, -0.25) is 0 Å². The van der Waals surface area contributed by atoms with Gasteiger partial charge in [-0.05, 0) is 37.5 Å². The van der Waals surface area contributed by atoms with Crippen molar-refractivity contribution in [3.8, 4) is 11.8 Å². The summed E-state index contributed by atoms with van der Waals surface area (Å²) < 4.78 is 27.0. The highest BCUT2D eigenvalue weighted by Gasteiger charge is 2.37. The lowest BCUT2D eigenvalue weighted by atomic mass is 10.2. The second-order valence-corrected chi connectivity index (χ2v) is 6.77. The van der Waals surface area contributed by atoms with Gasteiger partial charge in [-0.15, -0.1) is 0 Å². The lowest BCUT2D eigenvalue weighted by Crippen LogP contribution is -2.33. The number of benzene rings is 1. The van der Waals surface area contributed by atoms with E-state index in [1.165, 1.54) is 0 Å². The first kappa shape index (κ1) is 15.0. The van der Waals surface area contributed by atoms with E-state index in [1.807, 2.05) is 6.92 Å². The van der Waals surface area contributed by atoms with Crippen molar-refractivity contribution in [2.75, 3.05) is 13.1 Å². The molecule has 108 valence electrons. The number of hydrogen-bond acceptors (Lipinski definition) is 3. The largest absolute Gasteiger partial charge is 0.320 e. The molecular weight excluding hydrogens is 272 g/mol. The summed E-state index contributed by atoms with van der Waals surface area (Å²) >= 11 is 0. The maximum absolute atomic E-state index is 12.7. The second-order valence-electron chi connectivity index (χ2n) is 4.88. The van der Waals surface area contributed by atoms with Gasteiger partial charge in [0.2, 0.25) is 10.0 Å². The molecule has 0 spiro atoms. The molecule has 4 nitrogen and oxygen atoms in total. The standard InChI is InChI=1S/C15H20N2O2S/c1-2-11-17(14-8-9-14)20(18,19)15-7-3-5-13(12-15)6-4-10-16/h3,5,7,12,14H,2,8-11,16H2,1H3. The summed E-state index contributed by atoms with van der Waals surface area (Å²) in [6.07, 6.45) is 2.75. The van der Waals surface area contributed by atoms with Crippen molar-refractivity contribution in [1.29, 1.82) is 0 Å². The third kappa shape index (κ3) is 3.40. The number of sulfonamides is 1. The molecule has 2 rings (SSSR count). The molecule has 0 amide bonds. The number of rotatable bonds is 5. The molecule has 1 aromatic carbocycles. The summed E-state index contributed by atoms with van der Waals surface area (Å²) in [4.78, 5) is 0.321. The normalized spacial score (nSPS) is 14.9. The van der Waals surface area contributed by atoms with Crippen molar-refractivity contribution in [2.45, 2.75) is 37.1 Å². The fourth-order valence-electron chi connectivity index (χ4n) is 2.10. The molecular formula is C15H20N2O2S. The minimum absolute atomic E-state index is 0.179. The van der Waals surface area contributed by atoms with Crippen LogP contribution in [0.2, 0.25) is 0 Å². The van der Waals surface area contributed by atoms with Crippen LogP contribution in [0.15, 0.2) is 29.2 Å². The van der Waals surface area contributed by atoms with Crippen LogP contribution in [0.25, 0.3) is 0 Å². The minimum atomic E-state index is -3.41. The van der Waals surface area contributed by atoms with Crippen LogP contribution in [-0.2, 0) is 10.0 Å². The monoisotopic (exact) mass is 292 g/mol. The topological polar surface area (TPSA) is 63.4 Å². The Bertz CT molecular complexity index is 625. The van der Waals surface area contributed by atoms with Crippen molar-refractivity contribution in [2.24, 2.45) is 5.73 Å². The van der Waals surface area contributed by atoms with Crippen LogP contribution in [0.4, 0.5) is 0 Å². The third-order valence-electron chi connectivity index (χ3n) is 3.17. The van der Waals surface area contributed by atoms with Crippen molar-refractivity contribution >= 4 is 10.0 Å². The van der Waals surface area contributed by atoms with E-state index in [4.69, 9.17) is 5.73 Å². The van der Waals surface area contributed by atoms with Gasteiger partial charge < -0.3 is 5.73 Å². The van der Waals surface area contributed by atoms with Crippen molar-refractivity contribution < 1.29 is 8.42 Å². The van der Waals surface area contributed by atoms with Crippen LogP contribution in [-0.4, -0.2) is 31.9 Å². The molecule has 1 aliphatic rings. The van der Waals surface area contributed by atoms with Gasteiger partial charge in [-0.25, -0.2) is 8.42 Å². The van der Waals surface area contributed by atoms with Gasteiger partial charge in [-0.2, -0.15) is 4.31 Å². The Morgan fingerprint density at radius 1 is 1.40 bits per heavy atom. The summed E-state index contributed by atoms with van der Waals surface area (Å²) in [5.74, 6) is 5.62. The molecule has 2 N–H and O–H groups in total. The summed E-state index contributed by atoms with van der Waals surface area (Å²) in [7, 11) is -3.41. The summed E-state index contributed by atoms with van der Waals surface area (Å²) in [6, 6.07) is 6.96. The van der Waals surface area contributed by atoms with E-state index in [0.29, 0.717) is 17.0 Å². The van der Waals surface area contributed by atoms with Crippen molar-refractivity contribution in [3.05, 3.63) is 29.8 Å². The summed E-state index contributed by atoms with van der Waals surface area (Å²) in [6.45, 7) is 2.83. The highest BCUT2D eigenvalue weighted by Crippen LogP contribution is 2.32. The average Bonchev–Trinajstić information content (AvgIpc) is 3.27. The molecule has 0 unspecified atom stereocenters. The minimum Gasteiger partial charge on any atom is -0.320 e. The van der Waals surface area contributed by atoms with Gasteiger partial charge in [0, 0.05) is 18.2 Å². The first-order valence-electron chi connectivity index (χ1n) is 6.90. The summed E-state index contributed by atoms with van der Waals surface area (Å²) in [5, 5.41) is 0. The lowest BCUT2D eigenvalue weighted by Gasteiger charge is -2.21. The van der Waals surface area contributed by atoms with Gasteiger partial charge in [0.25, 0.3) is 0 Å². The first-order valence-corrected chi connectivity index (χ1v) is 8.34. The number of nitrogens with two attached hydrogens (primary N) is 1. The number of nitrogens with zero attached hydrogens (tertiary/aromatic N) is 1. The maximum atomic E-state index is 12.7. The molecule has 0 aliphatic heterocycles. The van der Waals surface area contributed by atoms with Gasteiger partial charge >= 0.3 is 0 Å². The van der Waals surface area contributed by atoms with Gasteiger partial charge in [0.15, 0.2) is 0 Å². The zero-order chi connectivity index (χ0) is 14.6. The van der Waals surface area contributed by atoms with Crippen LogP contribution in [0, 0.1) is 11.8 Å². The van der Waals surface area contributed by atoms with E-state index in [-0.39, 0.29) is 12.6 Å². The van der Waals surface area contributed by atoms with Gasteiger partial charge in [-0.1, -0.05) is 24.8 Å². The van der Waals surface area contributed by atoms with Crippen LogP contribution in [0.3, 0.4) is 0 Å². The Labute approximate surface area is 121 Å². The fourth-order valence-corrected chi connectivity index (χ4v) is 3.93. The van der Waals surface area contributed by atoms with E-state index < -0.39 is 10.0 Å². The molecule has 0 heterocycles. The molecule has 0 aromatic heterocycles. The van der Waals surface area contributed by atoms with Crippen molar-refractivity contribution in [3.63, 3.8) is 0 Å². The average molecular weight is 292 g/mol. The Hall–Kier alpha value is -1.35. The molecule has 5 heteroatoms. The molecule has 1 aromatic rings. The van der Waals surface area contributed by atoms with Crippen LogP contribution in [0.5, 0.6) is 0 Å². The van der Waals surface area contributed by atoms with Crippen LogP contribution >= 0.6 is 0 Å². The highest BCUT2D eigenvalue weighted by atomic mass is 32.2. The van der Waals surface area contributed by atoms with Gasteiger partial charge in [0.1, 0.15) is 0 Å². The van der Waals surface area contributed by atoms with E-state index in [9.17, 15) is 8.42 Å². The molecule has 0 bridgehead atoms. The molecule has 0 radical (unpaired) electrons. The SMILES string of the molecule is CCCN(C1CC1)S(=O)(=O)c1cccc(C#CCN)c1. The maximum Gasteiger partial charge on any atom is 0.243 e. The Morgan fingerprint density at radius 2 is 2.15 bits per heavy atom. The fraction of sp³-hybridized carbons (Fsp3) is 0.467. The zero-order valence-corrected chi connectivity index (χ0v) is 12.5. The lowest BCUT2D eigenvalue weighted by molar-refractivity contribution is 0.403. The molecule has 1 fully saturated rings. The van der Waals surface area contributed by atoms with E-state index in [0.717, 1.165) is 19.3 Å². The number of hydrogen-bond donors (Lipinski definition) is 1. The molecule has 1 aliphatic carbocycles. The van der Waals surface area contributed by atoms with Crippen molar-refractivity contribution in [1.82, 2.24) is 4.31 Å². The predicted octanol–water partition coefficient (Wildman–Crippen LogP) is 1.56. The van der Waals surface area contributed by atoms with Gasteiger partial charge in [0.05, 0.1) is 11.4 Å². The van der Waals surface area contributed by atoms with E-state index in [2.05, 4.69) is 11.8 Å². The highest BCUT2D eigenvalue weighted by molar-refractivity contribution is 7.89. The summed E-state index contributed by atoms with van der Waals surface area (Å²) in [5.41, 5.74) is 6.02. The first-order chi connectivity index (χ1) is 9.59. The Morgan fingerprint density at radius 3 is 2.75 bits per heavy atom. The second kappa shape index (κ2) is 6.40. The smallest absolute Gasteiger partial charge is 0.243 e. The quantitative estimate of drug-likeness (QED) is 0.838. The zero-order valence-electron chi connectivity index (χ0n) is 11.7. The van der Waals surface area contributed by atoms with Crippen LogP contribution < -0.4 is 5.73 Å². The Kier molecular flexibility index (Phi) is 4.81. The molecule has 20 heavy (non-hydrogen) atoms. The molecule has 0 atom stereocenters. The van der Waals surface area contributed by atoms with Crippen LogP contribution in [0.1, 0.15) is 31.7 Å². The van der Waals surface area contributed by atoms with E-state index >= 15 is 0 Å². The predicted molar refractivity (Wildman–Crippen MR) is 79.6 cm³/mol.